The maximum absolute atomic E-state index is 11.7. The van der Waals surface area contributed by atoms with Crippen LogP contribution in [0.2, 0.25) is 0 Å². The highest BCUT2D eigenvalue weighted by atomic mass is 16.4. The van der Waals surface area contributed by atoms with E-state index in [1.165, 1.54) is 161 Å². The van der Waals surface area contributed by atoms with Gasteiger partial charge >= 0.3 is 5.97 Å². The van der Waals surface area contributed by atoms with Crippen molar-refractivity contribution in [1.82, 2.24) is 0 Å². The Labute approximate surface area is 245 Å². The van der Waals surface area contributed by atoms with Gasteiger partial charge in [-0.2, -0.15) is 0 Å². The van der Waals surface area contributed by atoms with E-state index in [1.807, 2.05) is 0 Å². The molecule has 0 heterocycles. The van der Waals surface area contributed by atoms with Crippen molar-refractivity contribution in [2.75, 3.05) is 0 Å². The van der Waals surface area contributed by atoms with Crippen LogP contribution in [0, 0.1) is 5.92 Å². The summed E-state index contributed by atoms with van der Waals surface area (Å²) < 4.78 is 0. The quantitative estimate of drug-likeness (QED) is 0.0646. The number of hydrogen-bond donors (Lipinski definition) is 2. The van der Waals surface area contributed by atoms with Gasteiger partial charge in [-0.15, -0.1) is 0 Å². The van der Waals surface area contributed by atoms with Crippen LogP contribution in [-0.2, 0) is 4.79 Å². The summed E-state index contributed by atoms with van der Waals surface area (Å²) in [6, 6.07) is 0. The first-order chi connectivity index (χ1) is 19.1. The summed E-state index contributed by atoms with van der Waals surface area (Å²) in [5.41, 5.74) is 0. The maximum Gasteiger partial charge on any atom is 0.314 e. The average molecular weight is 551 g/mol. The zero-order valence-electron chi connectivity index (χ0n) is 26.7. The van der Waals surface area contributed by atoms with Gasteiger partial charge in [0.25, 0.3) is 0 Å². The standard InChI is InChI=1S/C36H70O3/c1-3-5-7-9-11-13-15-17-19-21-23-25-27-29-31-33-35(37)34(36(38)39)32-30-28-26-24-22-20-18-16-14-12-10-8-6-4-2/h33-34,37H,3-32H2,1-2H3,(H,38,39). The molecule has 0 aliphatic rings. The van der Waals surface area contributed by atoms with E-state index in [9.17, 15) is 15.0 Å². The number of aliphatic carboxylic acids is 1. The number of allylic oxidation sites excluding steroid dienone is 1. The summed E-state index contributed by atoms with van der Waals surface area (Å²) >= 11 is 0. The highest BCUT2D eigenvalue weighted by molar-refractivity contribution is 5.72. The molecule has 232 valence electrons. The smallest absolute Gasteiger partial charge is 0.314 e. The molecule has 0 aromatic carbocycles. The van der Waals surface area contributed by atoms with Crippen LogP contribution in [0.25, 0.3) is 0 Å². The van der Waals surface area contributed by atoms with Crippen molar-refractivity contribution in [1.29, 1.82) is 0 Å². The summed E-state index contributed by atoms with van der Waals surface area (Å²) in [5, 5.41) is 19.9. The zero-order chi connectivity index (χ0) is 28.7. The van der Waals surface area contributed by atoms with Gasteiger partial charge in [0.15, 0.2) is 0 Å². The molecule has 0 spiro atoms. The van der Waals surface area contributed by atoms with Crippen molar-refractivity contribution in [2.45, 2.75) is 206 Å². The third-order valence-corrected chi connectivity index (χ3v) is 8.41. The number of hydrogen-bond acceptors (Lipinski definition) is 2. The van der Waals surface area contributed by atoms with Crippen LogP contribution in [0.1, 0.15) is 206 Å². The molecule has 0 bridgehead atoms. The van der Waals surface area contributed by atoms with Crippen molar-refractivity contribution < 1.29 is 15.0 Å². The number of unbranched alkanes of at least 4 members (excludes halogenated alkanes) is 27. The fourth-order valence-electron chi connectivity index (χ4n) is 5.67. The Hall–Kier alpha value is -0.990. The summed E-state index contributed by atoms with van der Waals surface area (Å²) in [4.78, 5) is 11.7. The van der Waals surface area contributed by atoms with E-state index in [2.05, 4.69) is 13.8 Å². The molecule has 0 aromatic rings. The summed E-state index contributed by atoms with van der Waals surface area (Å²) in [6.45, 7) is 4.55. The molecular formula is C36H70O3. The van der Waals surface area contributed by atoms with E-state index in [0.717, 1.165) is 25.7 Å². The van der Waals surface area contributed by atoms with Gasteiger partial charge in [-0.05, 0) is 25.3 Å². The largest absolute Gasteiger partial charge is 0.512 e. The number of aliphatic hydroxyl groups is 1. The fraction of sp³-hybridized carbons (Fsp3) is 0.917. The van der Waals surface area contributed by atoms with Crippen LogP contribution >= 0.6 is 0 Å². The van der Waals surface area contributed by atoms with Crippen molar-refractivity contribution in [3.05, 3.63) is 11.8 Å². The second-order valence-corrected chi connectivity index (χ2v) is 12.3. The predicted octanol–water partition coefficient (Wildman–Crippen LogP) is 12.9. The van der Waals surface area contributed by atoms with E-state index in [4.69, 9.17) is 0 Å². The van der Waals surface area contributed by atoms with Gasteiger partial charge in [-0.3, -0.25) is 4.79 Å². The average Bonchev–Trinajstić information content (AvgIpc) is 2.92. The van der Waals surface area contributed by atoms with E-state index < -0.39 is 11.9 Å². The Morgan fingerprint density at radius 1 is 0.462 bits per heavy atom. The van der Waals surface area contributed by atoms with Crippen molar-refractivity contribution in [2.24, 2.45) is 5.92 Å². The second-order valence-electron chi connectivity index (χ2n) is 12.3. The van der Waals surface area contributed by atoms with Crippen molar-refractivity contribution in [3.8, 4) is 0 Å². The number of carboxylic acids is 1. The Kier molecular flexibility index (Phi) is 30.7. The van der Waals surface area contributed by atoms with Crippen molar-refractivity contribution in [3.63, 3.8) is 0 Å². The number of carbonyl (C=O) groups is 1. The van der Waals surface area contributed by atoms with Gasteiger partial charge in [-0.25, -0.2) is 0 Å². The summed E-state index contributed by atoms with van der Waals surface area (Å²) in [6.07, 6.45) is 40.0. The Bertz CT molecular complexity index is 527. The lowest BCUT2D eigenvalue weighted by molar-refractivity contribution is -0.141. The first-order valence-electron chi connectivity index (χ1n) is 17.7. The van der Waals surface area contributed by atoms with Gasteiger partial charge in [0.1, 0.15) is 11.7 Å². The van der Waals surface area contributed by atoms with Gasteiger partial charge in [0.05, 0.1) is 0 Å². The molecule has 3 heteroatoms. The summed E-state index contributed by atoms with van der Waals surface area (Å²) in [7, 11) is 0. The lowest BCUT2D eigenvalue weighted by atomic mass is 9.97. The molecule has 0 saturated carbocycles. The summed E-state index contributed by atoms with van der Waals surface area (Å²) in [5.74, 6) is -1.50. The minimum atomic E-state index is -0.876. The van der Waals surface area contributed by atoms with E-state index in [-0.39, 0.29) is 5.76 Å². The van der Waals surface area contributed by atoms with Crippen LogP contribution < -0.4 is 0 Å². The number of carboxylic acid groups (broad SMARTS) is 1. The molecule has 3 nitrogen and oxygen atoms in total. The fourth-order valence-corrected chi connectivity index (χ4v) is 5.67. The highest BCUT2D eigenvalue weighted by Gasteiger charge is 2.21. The van der Waals surface area contributed by atoms with Crippen LogP contribution in [0.3, 0.4) is 0 Å². The van der Waals surface area contributed by atoms with Gasteiger partial charge in [0.2, 0.25) is 0 Å². The molecule has 0 amide bonds. The molecule has 1 unspecified atom stereocenters. The minimum absolute atomic E-state index is 0.0897. The normalized spacial score (nSPS) is 12.7. The number of rotatable bonds is 32. The third-order valence-electron chi connectivity index (χ3n) is 8.41. The first-order valence-corrected chi connectivity index (χ1v) is 17.7. The lowest BCUT2D eigenvalue weighted by Crippen LogP contribution is -2.16. The van der Waals surface area contributed by atoms with Crippen LogP contribution in [-0.4, -0.2) is 16.2 Å². The molecule has 0 rings (SSSR count). The molecule has 0 radical (unpaired) electrons. The first kappa shape index (κ1) is 38.0. The van der Waals surface area contributed by atoms with Gasteiger partial charge < -0.3 is 10.2 Å². The molecule has 2 N–H and O–H groups in total. The molecule has 39 heavy (non-hydrogen) atoms. The maximum atomic E-state index is 11.7. The Morgan fingerprint density at radius 2 is 0.744 bits per heavy atom. The molecule has 1 atom stereocenters. The highest BCUT2D eigenvalue weighted by Crippen LogP contribution is 2.20. The Morgan fingerprint density at radius 3 is 1.05 bits per heavy atom. The SMILES string of the molecule is CCCCCCCCCCCCCCCCC=C(O)C(CCCCCCCCCCCCCCCC)C(=O)O. The minimum Gasteiger partial charge on any atom is -0.512 e. The van der Waals surface area contributed by atoms with Crippen LogP contribution in [0.15, 0.2) is 11.8 Å². The molecule has 0 aromatic heterocycles. The van der Waals surface area contributed by atoms with E-state index >= 15 is 0 Å². The third kappa shape index (κ3) is 28.3. The molecular weight excluding hydrogens is 480 g/mol. The predicted molar refractivity (Wildman–Crippen MR) is 172 cm³/mol. The number of aliphatic hydroxyl groups excluding tert-OH is 1. The zero-order valence-corrected chi connectivity index (χ0v) is 26.7. The topological polar surface area (TPSA) is 57.5 Å². The molecule has 0 saturated heterocycles. The van der Waals surface area contributed by atoms with E-state index in [0.29, 0.717) is 6.42 Å². The molecule has 0 aliphatic carbocycles. The lowest BCUT2D eigenvalue weighted by Gasteiger charge is -2.12. The Balaban J connectivity index is 3.61. The second kappa shape index (κ2) is 31.5. The van der Waals surface area contributed by atoms with Gasteiger partial charge in [0, 0.05) is 0 Å². The van der Waals surface area contributed by atoms with Crippen molar-refractivity contribution >= 4 is 5.97 Å². The van der Waals surface area contributed by atoms with Crippen LogP contribution in [0.5, 0.6) is 0 Å². The molecule has 0 fully saturated rings. The monoisotopic (exact) mass is 551 g/mol. The van der Waals surface area contributed by atoms with E-state index in [1.54, 1.807) is 6.08 Å². The molecule has 0 aliphatic heterocycles. The van der Waals surface area contributed by atoms with Crippen LogP contribution in [0.4, 0.5) is 0 Å². The van der Waals surface area contributed by atoms with Gasteiger partial charge in [-0.1, -0.05) is 187 Å².